The fraction of sp³-hybridized carbons (Fsp3) is 0.300. The van der Waals surface area contributed by atoms with Crippen molar-refractivity contribution in [3.8, 4) is 0 Å². The van der Waals surface area contributed by atoms with Crippen LogP contribution in [-0.4, -0.2) is 31.1 Å². The molecule has 1 aliphatic heterocycles. The van der Waals surface area contributed by atoms with Crippen LogP contribution < -0.4 is 4.90 Å². The van der Waals surface area contributed by atoms with Gasteiger partial charge in [-0.3, -0.25) is 4.90 Å². The lowest BCUT2D eigenvalue weighted by Gasteiger charge is -2.45. The summed E-state index contributed by atoms with van der Waals surface area (Å²) < 4.78 is 0. The summed E-state index contributed by atoms with van der Waals surface area (Å²) in [5.41, 5.74) is 2.55. The van der Waals surface area contributed by atoms with Gasteiger partial charge >= 0.3 is 0 Å². The summed E-state index contributed by atoms with van der Waals surface area (Å²) in [5.74, 6) is 0. The minimum Gasteiger partial charge on any atom is -0.369 e. The molecule has 0 aromatic heterocycles. The highest BCUT2D eigenvalue weighted by Crippen LogP contribution is 2.31. The fourth-order valence-corrected chi connectivity index (χ4v) is 3.27. The summed E-state index contributed by atoms with van der Waals surface area (Å²) in [6, 6.07) is 21.4. The summed E-state index contributed by atoms with van der Waals surface area (Å²) in [6.07, 6.45) is 2.08. The molecule has 1 aliphatic rings. The van der Waals surface area contributed by atoms with Crippen LogP contribution in [0.25, 0.3) is 0 Å². The van der Waals surface area contributed by atoms with Crippen LogP contribution in [0.15, 0.2) is 73.3 Å². The lowest BCUT2D eigenvalue weighted by atomic mass is 9.89. The molecule has 114 valence electrons. The van der Waals surface area contributed by atoms with Crippen molar-refractivity contribution >= 4 is 5.69 Å². The molecule has 2 nitrogen and oxygen atoms in total. The molecule has 0 N–H and O–H groups in total. The van der Waals surface area contributed by atoms with Crippen molar-refractivity contribution in [2.75, 3.05) is 31.1 Å². The van der Waals surface area contributed by atoms with Gasteiger partial charge < -0.3 is 4.90 Å². The number of rotatable bonds is 4. The maximum absolute atomic E-state index is 4.11. The number of anilines is 1. The number of hydrogen-bond acceptors (Lipinski definition) is 2. The molecule has 0 saturated carbocycles. The molecular weight excluding hydrogens is 268 g/mol. The van der Waals surface area contributed by atoms with E-state index < -0.39 is 0 Å². The van der Waals surface area contributed by atoms with Crippen molar-refractivity contribution in [3.05, 3.63) is 78.9 Å². The number of benzene rings is 2. The molecule has 0 bridgehead atoms. The summed E-state index contributed by atoms with van der Waals surface area (Å²) >= 11 is 0. The highest BCUT2D eigenvalue weighted by atomic mass is 15.3. The van der Waals surface area contributed by atoms with Crippen LogP contribution in [0.3, 0.4) is 0 Å². The number of hydrogen-bond donors (Lipinski definition) is 0. The van der Waals surface area contributed by atoms with Crippen LogP contribution in [0, 0.1) is 0 Å². The van der Waals surface area contributed by atoms with Gasteiger partial charge in [0.05, 0.1) is 5.54 Å². The highest BCUT2D eigenvalue weighted by Gasteiger charge is 2.32. The average Bonchev–Trinajstić information content (AvgIpc) is 2.63. The molecule has 1 saturated heterocycles. The first-order valence-corrected chi connectivity index (χ1v) is 7.98. The normalized spacial score (nSPS) is 18.7. The number of para-hydroxylation sites is 1. The maximum Gasteiger partial charge on any atom is 0.0615 e. The monoisotopic (exact) mass is 292 g/mol. The number of nitrogens with zero attached hydrogens (tertiary/aromatic N) is 2. The summed E-state index contributed by atoms with van der Waals surface area (Å²) in [6.45, 7) is 10.6. The third-order valence-electron chi connectivity index (χ3n) is 4.81. The van der Waals surface area contributed by atoms with E-state index in [1.54, 1.807) is 0 Å². The Labute approximate surface area is 133 Å². The summed E-state index contributed by atoms with van der Waals surface area (Å²) in [5, 5.41) is 0. The Balaban J connectivity index is 1.74. The van der Waals surface area contributed by atoms with Gasteiger partial charge in [0.2, 0.25) is 0 Å². The Morgan fingerprint density at radius 2 is 1.41 bits per heavy atom. The van der Waals surface area contributed by atoms with E-state index in [0.29, 0.717) is 0 Å². The zero-order valence-electron chi connectivity index (χ0n) is 13.3. The van der Waals surface area contributed by atoms with Crippen LogP contribution in [-0.2, 0) is 5.54 Å². The topological polar surface area (TPSA) is 6.48 Å². The van der Waals surface area contributed by atoms with E-state index in [1.165, 1.54) is 11.3 Å². The lowest BCUT2D eigenvalue weighted by molar-refractivity contribution is 0.136. The van der Waals surface area contributed by atoms with Crippen molar-refractivity contribution in [3.63, 3.8) is 0 Å². The smallest absolute Gasteiger partial charge is 0.0615 e. The van der Waals surface area contributed by atoms with Crippen molar-refractivity contribution in [2.24, 2.45) is 0 Å². The van der Waals surface area contributed by atoms with E-state index in [-0.39, 0.29) is 5.54 Å². The minimum absolute atomic E-state index is 0.0932. The molecule has 0 radical (unpaired) electrons. The van der Waals surface area contributed by atoms with E-state index in [9.17, 15) is 0 Å². The zero-order chi connectivity index (χ0) is 15.4. The first-order chi connectivity index (χ1) is 10.7. The first kappa shape index (κ1) is 14.9. The lowest BCUT2D eigenvalue weighted by Crippen LogP contribution is -2.53. The predicted octanol–water partition coefficient (Wildman–Crippen LogP) is 3.91. The van der Waals surface area contributed by atoms with E-state index in [2.05, 4.69) is 90.0 Å². The van der Waals surface area contributed by atoms with E-state index in [4.69, 9.17) is 0 Å². The van der Waals surface area contributed by atoms with E-state index in [1.807, 2.05) is 0 Å². The van der Waals surface area contributed by atoms with Crippen molar-refractivity contribution in [1.82, 2.24) is 4.90 Å². The second kappa shape index (κ2) is 6.37. The molecule has 1 atom stereocenters. The molecule has 0 aliphatic carbocycles. The third kappa shape index (κ3) is 2.79. The molecule has 1 unspecified atom stereocenters. The van der Waals surface area contributed by atoms with Gasteiger partial charge in [0, 0.05) is 31.9 Å². The van der Waals surface area contributed by atoms with Gasteiger partial charge in [-0.15, -0.1) is 6.58 Å². The van der Waals surface area contributed by atoms with E-state index in [0.717, 1.165) is 26.2 Å². The number of piperazine rings is 1. The van der Waals surface area contributed by atoms with Gasteiger partial charge in [0.15, 0.2) is 0 Å². The largest absolute Gasteiger partial charge is 0.369 e. The molecule has 2 aromatic carbocycles. The highest BCUT2D eigenvalue weighted by molar-refractivity contribution is 5.46. The average molecular weight is 292 g/mol. The quantitative estimate of drug-likeness (QED) is 0.788. The van der Waals surface area contributed by atoms with Crippen molar-refractivity contribution < 1.29 is 0 Å². The van der Waals surface area contributed by atoms with Gasteiger partial charge in [0.1, 0.15) is 0 Å². The molecule has 2 aromatic rings. The van der Waals surface area contributed by atoms with Gasteiger partial charge in [-0.1, -0.05) is 54.6 Å². The van der Waals surface area contributed by atoms with Gasteiger partial charge in [0.25, 0.3) is 0 Å². The fourth-order valence-electron chi connectivity index (χ4n) is 3.27. The Kier molecular flexibility index (Phi) is 4.30. The SMILES string of the molecule is C=CC(C)(c1ccccc1)N1CCN(c2ccccc2)CC1. The Bertz CT molecular complexity index is 600. The molecule has 1 heterocycles. The van der Waals surface area contributed by atoms with Crippen LogP contribution >= 0.6 is 0 Å². The molecule has 0 amide bonds. The minimum atomic E-state index is -0.0932. The second-order valence-corrected chi connectivity index (χ2v) is 6.03. The summed E-state index contributed by atoms with van der Waals surface area (Å²) in [7, 11) is 0. The van der Waals surface area contributed by atoms with Crippen LogP contribution in [0.1, 0.15) is 12.5 Å². The maximum atomic E-state index is 4.11. The van der Waals surface area contributed by atoms with Crippen molar-refractivity contribution in [1.29, 1.82) is 0 Å². The Hall–Kier alpha value is -2.06. The van der Waals surface area contributed by atoms with Gasteiger partial charge in [-0.05, 0) is 24.6 Å². The predicted molar refractivity (Wildman–Crippen MR) is 94.2 cm³/mol. The molecule has 1 fully saturated rings. The Morgan fingerprint density at radius 1 is 0.864 bits per heavy atom. The Morgan fingerprint density at radius 3 is 1.95 bits per heavy atom. The second-order valence-electron chi connectivity index (χ2n) is 6.03. The third-order valence-corrected chi connectivity index (χ3v) is 4.81. The van der Waals surface area contributed by atoms with Crippen molar-refractivity contribution in [2.45, 2.75) is 12.5 Å². The van der Waals surface area contributed by atoms with Crippen LogP contribution in [0.5, 0.6) is 0 Å². The van der Waals surface area contributed by atoms with Gasteiger partial charge in [-0.2, -0.15) is 0 Å². The molecule has 3 rings (SSSR count). The molecule has 22 heavy (non-hydrogen) atoms. The first-order valence-electron chi connectivity index (χ1n) is 7.98. The van der Waals surface area contributed by atoms with Crippen LogP contribution in [0.4, 0.5) is 5.69 Å². The van der Waals surface area contributed by atoms with E-state index >= 15 is 0 Å². The van der Waals surface area contributed by atoms with Crippen LogP contribution in [0.2, 0.25) is 0 Å². The molecular formula is C20H24N2. The van der Waals surface area contributed by atoms with Gasteiger partial charge in [-0.25, -0.2) is 0 Å². The standard InChI is InChI=1S/C20H24N2/c1-3-20(2,18-10-6-4-7-11-18)22-16-14-21(15-17-22)19-12-8-5-9-13-19/h3-13H,1,14-17H2,2H3. The zero-order valence-corrected chi connectivity index (χ0v) is 13.3. The molecule has 2 heteroatoms. The molecule has 0 spiro atoms. The summed E-state index contributed by atoms with van der Waals surface area (Å²) in [4.78, 5) is 5.00.